The summed E-state index contributed by atoms with van der Waals surface area (Å²) < 4.78 is 1.67. The van der Waals surface area contributed by atoms with Gasteiger partial charge in [-0.3, -0.25) is 14.5 Å². The number of carboxylic acid groups (broad SMARTS) is 1. The SMILES string of the molecule is Cn1nc(CC(=O)O)cc1-c1ccncc1. The van der Waals surface area contributed by atoms with Crippen molar-refractivity contribution in [3.05, 3.63) is 36.3 Å². The highest BCUT2D eigenvalue weighted by atomic mass is 16.4. The standard InChI is InChI=1S/C11H11N3O2/c1-14-10(8-2-4-12-5-3-8)6-9(13-14)7-11(15)16/h2-6H,7H2,1H3,(H,15,16). The molecule has 0 saturated carbocycles. The summed E-state index contributed by atoms with van der Waals surface area (Å²) in [5, 5.41) is 12.8. The lowest BCUT2D eigenvalue weighted by Gasteiger charge is -1.99. The molecule has 16 heavy (non-hydrogen) atoms. The van der Waals surface area contributed by atoms with Gasteiger partial charge in [0, 0.05) is 25.0 Å². The quantitative estimate of drug-likeness (QED) is 0.836. The maximum atomic E-state index is 10.6. The second-order valence-electron chi connectivity index (χ2n) is 3.45. The van der Waals surface area contributed by atoms with Crippen LogP contribution >= 0.6 is 0 Å². The summed E-state index contributed by atoms with van der Waals surface area (Å²) in [6.45, 7) is 0. The van der Waals surface area contributed by atoms with Crippen LogP contribution in [-0.2, 0) is 18.3 Å². The number of aromatic nitrogens is 3. The molecule has 0 aliphatic rings. The van der Waals surface area contributed by atoms with Gasteiger partial charge in [0.2, 0.25) is 0 Å². The molecule has 2 rings (SSSR count). The van der Waals surface area contributed by atoms with Crippen molar-refractivity contribution in [2.24, 2.45) is 7.05 Å². The molecule has 2 aromatic heterocycles. The normalized spacial score (nSPS) is 10.3. The van der Waals surface area contributed by atoms with Gasteiger partial charge in [-0.25, -0.2) is 0 Å². The van der Waals surface area contributed by atoms with E-state index in [2.05, 4.69) is 10.1 Å². The third kappa shape index (κ3) is 2.08. The Hall–Kier alpha value is -2.17. The van der Waals surface area contributed by atoms with E-state index in [1.54, 1.807) is 30.2 Å². The minimum atomic E-state index is -0.876. The fourth-order valence-electron chi connectivity index (χ4n) is 1.56. The lowest BCUT2D eigenvalue weighted by atomic mass is 10.2. The number of aliphatic carboxylic acids is 1. The monoisotopic (exact) mass is 217 g/mol. The summed E-state index contributed by atoms with van der Waals surface area (Å²) in [6, 6.07) is 5.51. The number of carbonyl (C=O) groups is 1. The van der Waals surface area contributed by atoms with Crippen molar-refractivity contribution in [1.29, 1.82) is 0 Å². The molecule has 0 amide bonds. The summed E-state index contributed by atoms with van der Waals surface area (Å²) in [6.07, 6.45) is 3.33. The van der Waals surface area contributed by atoms with E-state index in [-0.39, 0.29) is 6.42 Å². The van der Waals surface area contributed by atoms with Gasteiger partial charge in [0.05, 0.1) is 17.8 Å². The highest BCUT2D eigenvalue weighted by Crippen LogP contribution is 2.18. The second kappa shape index (κ2) is 4.14. The average Bonchev–Trinajstić information content (AvgIpc) is 2.60. The fourth-order valence-corrected chi connectivity index (χ4v) is 1.56. The number of aryl methyl sites for hydroxylation is 1. The van der Waals surface area contributed by atoms with Gasteiger partial charge < -0.3 is 5.11 Å². The van der Waals surface area contributed by atoms with Gasteiger partial charge in [0.1, 0.15) is 0 Å². The highest BCUT2D eigenvalue weighted by molar-refractivity contribution is 5.70. The van der Waals surface area contributed by atoms with Crippen molar-refractivity contribution in [2.75, 3.05) is 0 Å². The molecule has 0 bridgehead atoms. The number of hydrogen-bond donors (Lipinski definition) is 1. The van der Waals surface area contributed by atoms with Crippen LogP contribution in [0.4, 0.5) is 0 Å². The third-order valence-corrected chi connectivity index (χ3v) is 2.24. The molecule has 0 fully saturated rings. The average molecular weight is 217 g/mol. The van der Waals surface area contributed by atoms with Crippen LogP contribution in [0, 0.1) is 0 Å². The first kappa shape index (κ1) is 10.4. The Morgan fingerprint density at radius 2 is 2.12 bits per heavy atom. The molecule has 0 saturated heterocycles. The van der Waals surface area contributed by atoms with Crippen LogP contribution in [0.3, 0.4) is 0 Å². The molecule has 2 aromatic rings. The summed E-state index contributed by atoms with van der Waals surface area (Å²) in [4.78, 5) is 14.5. The molecule has 2 heterocycles. The maximum absolute atomic E-state index is 10.6. The van der Waals surface area contributed by atoms with E-state index >= 15 is 0 Å². The number of rotatable bonds is 3. The molecule has 0 atom stereocenters. The molecule has 5 heteroatoms. The number of hydrogen-bond acceptors (Lipinski definition) is 3. The molecule has 0 aromatic carbocycles. The first-order chi connectivity index (χ1) is 7.66. The first-order valence-electron chi connectivity index (χ1n) is 4.82. The zero-order chi connectivity index (χ0) is 11.5. The lowest BCUT2D eigenvalue weighted by Crippen LogP contribution is -2.01. The Morgan fingerprint density at radius 3 is 2.75 bits per heavy atom. The summed E-state index contributed by atoms with van der Waals surface area (Å²) in [7, 11) is 1.79. The molecule has 0 unspecified atom stereocenters. The Labute approximate surface area is 92.4 Å². The fraction of sp³-hybridized carbons (Fsp3) is 0.182. The molecule has 1 N–H and O–H groups in total. The van der Waals surface area contributed by atoms with Crippen LogP contribution in [0.2, 0.25) is 0 Å². The van der Waals surface area contributed by atoms with Gasteiger partial charge in [-0.2, -0.15) is 5.10 Å². The van der Waals surface area contributed by atoms with E-state index in [0.717, 1.165) is 11.3 Å². The van der Waals surface area contributed by atoms with E-state index in [1.165, 1.54) is 0 Å². The second-order valence-corrected chi connectivity index (χ2v) is 3.45. The van der Waals surface area contributed by atoms with Crippen molar-refractivity contribution < 1.29 is 9.90 Å². The van der Waals surface area contributed by atoms with Gasteiger partial charge in [0.15, 0.2) is 0 Å². The van der Waals surface area contributed by atoms with Crippen molar-refractivity contribution in [3.8, 4) is 11.3 Å². The largest absolute Gasteiger partial charge is 0.481 e. The summed E-state index contributed by atoms with van der Waals surface area (Å²) in [5.74, 6) is -0.876. The van der Waals surface area contributed by atoms with Crippen molar-refractivity contribution in [1.82, 2.24) is 14.8 Å². The van der Waals surface area contributed by atoms with Crippen LogP contribution in [0.15, 0.2) is 30.6 Å². The molecule has 0 radical (unpaired) electrons. The van der Waals surface area contributed by atoms with Gasteiger partial charge in [-0.15, -0.1) is 0 Å². The van der Waals surface area contributed by atoms with Crippen LogP contribution in [-0.4, -0.2) is 25.8 Å². The number of pyridine rings is 1. The van der Waals surface area contributed by atoms with Crippen molar-refractivity contribution >= 4 is 5.97 Å². The molecule has 0 aliphatic carbocycles. The van der Waals surface area contributed by atoms with Crippen LogP contribution in [0.25, 0.3) is 11.3 Å². The van der Waals surface area contributed by atoms with Gasteiger partial charge in [-0.05, 0) is 18.2 Å². The zero-order valence-corrected chi connectivity index (χ0v) is 8.79. The van der Waals surface area contributed by atoms with Crippen molar-refractivity contribution in [2.45, 2.75) is 6.42 Å². The predicted molar refractivity (Wildman–Crippen MR) is 57.8 cm³/mol. The van der Waals surface area contributed by atoms with E-state index in [4.69, 9.17) is 5.11 Å². The van der Waals surface area contributed by atoms with Gasteiger partial charge in [-0.1, -0.05) is 0 Å². The van der Waals surface area contributed by atoms with Gasteiger partial charge >= 0.3 is 5.97 Å². The number of carboxylic acids is 1. The molecular formula is C11H11N3O2. The predicted octanol–water partition coefficient (Wildman–Crippen LogP) is 1.11. The molecule has 0 aliphatic heterocycles. The molecular weight excluding hydrogens is 206 g/mol. The van der Waals surface area contributed by atoms with Crippen LogP contribution in [0.1, 0.15) is 5.69 Å². The van der Waals surface area contributed by atoms with Gasteiger partial charge in [0.25, 0.3) is 0 Å². The van der Waals surface area contributed by atoms with E-state index in [9.17, 15) is 4.79 Å². The van der Waals surface area contributed by atoms with E-state index in [1.807, 2.05) is 12.1 Å². The Morgan fingerprint density at radius 1 is 1.44 bits per heavy atom. The van der Waals surface area contributed by atoms with E-state index in [0.29, 0.717) is 5.69 Å². The maximum Gasteiger partial charge on any atom is 0.309 e. The summed E-state index contributed by atoms with van der Waals surface area (Å²) in [5.41, 5.74) is 2.42. The smallest absolute Gasteiger partial charge is 0.309 e. The van der Waals surface area contributed by atoms with Crippen molar-refractivity contribution in [3.63, 3.8) is 0 Å². The third-order valence-electron chi connectivity index (χ3n) is 2.24. The number of nitrogens with zero attached hydrogens (tertiary/aromatic N) is 3. The topological polar surface area (TPSA) is 68.0 Å². The molecule has 0 spiro atoms. The lowest BCUT2D eigenvalue weighted by molar-refractivity contribution is -0.136. The Bertz CT molecular complexity index is 505. The minimum absolute atomic E-state index is 0.0566. The zero-order valence-electron chi connectivity index (χ0n) is 8.79. The Balaban J connectivity index is 2.36. The first-order valence-corrected chi connectivity index (χ1v) is 4.82. The van der Waals surface area contributed by atoms with E-state index < -0.39 is 5.97 Å². The summed E-state index contributed by atoms with van der Waals surface area (Å²) >= 11 is 0. The molecule has 5 nitrogen and oxygen atoms in total. The minimum Gasteiger partial charge on any atom is -0.481 e. The van der Waals surface area contributed by atoms with Crippen LogP contribution < -0.4 is 0 Å². The van der Waals surface area contributed by atoms with Crippen LogP contribution in [0.5, 0.6) is 0 Å². The molecule has 82 valence electrons. The highest BCUT2D eigenvalue weighted by Gasteiger charge is 2.09. The Kier molecular flexibility index (Phi) is 2.68.